The maximum Gasteiger partial charge on any atom is 0.279 e. The monoisotopic (exact) mass is 404 g/mol. The summed E-state index contributed by atoms with van der Waals surface area (Å²) in [6, 6.07) is 37.3. The van der Waals surface area contributed by atoms with Gasteiger partial charge >= 0.3 is 0 Å². The molecule has 4 rings (SSSR count). The summed E-state index contributed by atoms with van der Waals surface area (Å²) in [4.78, 5) is 21.8. The van der Waals surface area contributed by atoms with Crippen LogP contribution in [0.25, 0.3) is 0 Å². The number of carbonyl (C=O) groups is 1. The lowest BCUT2D eigenvalue weighted by molar-refractivity contribution is 0.100. The summed E-state index contributed by atoms with van der Waals surface area (Å²) in [6.45, 7) is 0. The largest absolute Gasteiger partial charge is 0.438 e. The van der Waals surface area contributed by atoms with Gasteiger partial charge in [-0.3, -0.25) is 4.79 Å². The summed E-state index contributed by atoms with van der Waals surface area (Å²) < 4.78 is 6.10. The van der Waals surface area contributed by atoms with Crippen molar-refractivity contribution in [2.24, 2.45) is 9.98 Å². The molecule has 0 saturated carbocycles. The van der Waals surface area contributed by atoms with Gasteiger partial charge in [-0.05, 0) is 36.4 Å². The summed E-state index contributed by atoms with van der Waals surface area (Å²) in [5.74, 6) is 0.918. The first-order valence-electron chi connectivity index (χ1n) is 9.90. The predicted molar refractivity (Wildman–Crippen MR) is 124 cm³/mol. The number of nitrogens with zero attached hydrogens (tertiary/aromatic N) is 2. The van der Waals surface area contributed by atoms with Gasteiger partial charge in [0.15, 0.2) is 5.84 Å². The highest BCUT2D eigenvalue weighted by atomic mass is 16.5. The zero-order chi connectivity index (χ0) is 21.3. The summed E-state index contributed by atoms with van der Waals surface area (Å²) in [7, 11) is 0. The Morgan fingerprint density at radius 1 is 0.516 bits per heavy atom. The molecule has 0 aliphatic heterocycles. The molecule has 1 amide bonds. The molecule has 0 fully saturated rings. The van der Waals surface area contributed by atoms with Gasteiger partial charge in [-0.15, -0.1) is 0 Å². The van der Waals surface area contributed by atoms with E-state index in [1.807, 2.05) is 109 Å². The SMILES string of the molecule is O=C(N=C(N=C(Oc1ccccc1)c1ccccc1)c1ccccc1)c1ccccc1. The van der Waals surface area contributed by atoms with Crippen molar-refractivity contribution in [3.05, 3.63) is 138 Å². The zero-order valence-electron chi connectivity index (χ0n) is 16.8. The van der Waals surface area contributed by atoms with Gasteiger partial charge in [0.1, 0.15) is 5.75 Å². The zero-order valence-corrected chi connectivity index (χ0v) is 16.8. The molecule has 0 aliphatic carbocycles. The molecule has 0 aliphatic rings. The van der Waals surface area contributed by atoms with Crippen LogP contribution in [0.2, 0.25) is 0 Å². The van der Waals surface area contributed by atoms with Crippen molar-refractivity contribution in [3.63, 3.8) is 0 Å². The molecule has 0 heterocycles. The molecule has 0 saturated heterocycles. The van der Waals surface area contributed by atoms with Crippen LogP contribution in [0.4, 0.5) is 0 Å². The normalized spacial score (nSPS) is 11.7. The number of amides is 1. The van der Waals surface area contributed by atoms with E-state index in [1.165, 1.54) is 0 Å². The van der Waals surface area contributed by atoms with Gasteiger partial charge in [0.05, 0.1) is 0 Å². The van der Waals surface area contributed by atoms with Crippen molar-refractivity contribution in [2.45, 2.75) is 0 Å². The summed E-state index contributed by atoms with van der Waals surface area (Å²) in [5, 5.41) is 0. The van der Waals surface area contributed by atoms with Crippen LogP contribution in [0.15, 0.2) is 131 Å². The lowest BCUT2D eigenvalue weighted by Gasteiger charge is -2.10. The highest BCUT2D eigenvalue weighted by Crippen LogP contribution is 2.15. The van der Waals surface area contributed by atoms with E-state index in [0.717, 1.165) is 11.1 Å². The van der Waals surface area contributed by atoms with E-state index >= 15 is 0 Å². The first-order valence-corrected chi connectivity index (χ1v) is 9.90. The number of para-hydroxylation sites is 1. The van der Waals surface area contributed by atoms with Crippen LogP contribution in [-0.2, 0) is 0 Å². The number of hydrogen-bond donors (Lipinski definition) is 0. The topological polar surface area (TPSA) is 51.0 Å². The molecular formula is C27H20N2O2. The first kappa shape index (κ1) is 20.0. The average Bonchev–Trinajstić information content (AvgIpc) is 2.85. The standard InChI is InChI=1S/C27H20N2O2/c30-26(22-15-7-2-8-16-22)28-25(21-13-5-1-6-14-21)29-27(23-17-9-3-10-18-23)31-24-19-11-4-12-20-24/h1-20H. The molecule has 4 aromatic rings. The number of hydrogen-bond acceptors (Lipinski definition) is 2. The van der Waals surface area contributed by atoms with Crippen molar-refractivity contribution in [2.75, 3.05) is 0 Å². The van der Waals surface area contributed by atoms with Gasteiger partial charge in [-0.1, -0.05) is 84.9 Å². The quantitative estimate of drug-likeness (QED) is 0.319. The first-order chi connectivity index (χ1) is 15.3. The van der Waals surface area contributed by atoms with E-state index < -0.39 is 0 Å². The number of benzene rings is 4. The van der Waals surface area contributed by atoms with Crippen molar-refractivity contribution in [3.8, 4) is 5.75 Å². The van der Waals surface area contributed by atoms with Gasteiger partial charge < -0.3 is 4.74 Å². The maximum atomic E-state index is 12.8. The van der Waals surface area contributed by atoms with Gasteiger partial charge in [-0.2, -0.15) is 9.98 Å². The Balaban J connectivity index is 1.81. The Labute approximate surface area is 181 Å². The van der Waals surface area contributed by atoms with Crippen LogP contribution in [0, 0.1) is 0 Å². The summed E-state index contributed by atoms with van der Waals surface area (Å²) in [5.41, 5.74) is 2.00. The number of carbonyl (C=O) groups excluding carboxylic acids is 1. The fourth-order valence-electron chi connectivity index (χ4n) is 2.91. The number of rotatable bonds is 4. The van der Waals surface area contributed by atoms with Crippen LogP contribution < -0.4 is 4.74 Å². The predicted octanol–water partition coefficient (Wildman–Crippen LogP) is 5.80. The Bertz CT molecular complexity index is 1190. The van der Waals surface area contributed by atoms with Gasteiger partial charge in [-0.25, -0.2) is 0 Å². The molecule has 150 valence electrons. The van der Waals surface area contributed by atoms with Gasteiger partial charge in [0.2, 0.25) is 5.90 Å². The minimum absolute atomic E-state index is 0.282. The van der Waals surface area contributed by atoms with E-state index in [-0.39, 0.29) is 11.7 Å². The van der Waals surface area contributed by atoms with E-state index in [0.29, 0.717) is 17.2 Å². The summed E-state index contributed by atoms with van der Waals surface area (Å²) in [6.07, 6.45) is 0. The van der Waals surface area contributed by atoms with Crippen molar-refractivity contribution >= 4 is 17.6 Å². The van der Waals surface area contributed by atoms with Crippen molar-refractivity contribution in [1.29, 1.82) is 0 Å². The molecule has 0 bridgehead atoms. The third kappa shape index (κ3) is 5.40. The lowest BCUT2D eigenvalue weighted by Crippen LogP contribution is -2.15. The van der Waals surface area contributed by atoms with E-state index in [2.05, 4.69) is 4.99 Å². The van der Waals surface area contributed by atoms with Crippen LogP contribution >= 0.6 is 0 Å². The van der Waals surface area contributed by atoms with Gasteiger partial charge in [0.25, 0.3) is 5.91 Å². The molecule has 4 nitrogen and oxygen atoms in total. The molecule has 0 radical (unpaired) electrons. The number of amidine groups is 1. The smallest absolute Gasteiger partial charge is 0.279 e. The molecule has 0 unspecified atom stereocenters. The Morgan fingerprint density at radius 3 is 1.52 bits per heavy atom. The van der Waals surface area contributed by atoms with Crippen molar-refractivity contribution < 1.29 is 9.53 Å². The van der Waals surface area contributed by atoms with Crippen LogP contribution in [0.3, 0.4) is 0 Å². The van der Waals surface area contributed by atoms with E-state index in [9.17, 15) is 4.79 Å². The molecule has 0 atom stereocenters. The molecule has 0 spiro atoms. The Kier molecular flexibility index (Phi) is 6.41. The van der Waals surface area contributed by atoms with Crippen LogP contribution in [0.1, 0.15) is 21.5 Å². The minimum atomic E-state index is -0.365. The number of ether oxygens (including phenoxy) is 1. The average molecular weight is 404 g/mol. The van der Waals surface area contributed by atoms with Crippen LogP contribution in [-0.4, -0.2) is 17.6 Å². The lowest BCUT2D eigenvalue weighted by atomic mass is 10.2. The second kappa shape index (κ2) is 9.94. The second-order valence-corrected chi connectivity index (χ2v) is 6.67. The fraction of sp³-hybridized carbons (Fsp3) is 0. The molecule has 0 aromatic heterocycles. The third-order valence-corrected chi connectivity index (χ3v) is 4.45. The van der Waals surface area contributed by atoms with E-state index in [1.54, 1.807) is 12.1 Å². The van der Waals surface area contributed by atoms with Crippen LogP contribution in [0.5, 0.6) is 5.75 Å². The van der Waals surface area contributed by atoms with E-state index in [4.69, 9.17) is 9.73 Å². The Morgan fingerprint density at radius 2 is 0.968 bits per heavy atom. The Hall–Kier alpha value is -4.31. The molecule has 0 N–H and O–H groups in total. The maximum absolute atomic E-state index is 12.8. The fourth-order valence-corrected chi connectivity index (χ4v) is 2.91. The minimum Gasteiger partial charge on any atom is -0.438 e. The highest BCUT2D eigenvalue weighted by Gasteiger charge is 2.13. The molecule has 31 heavy (non-hydrogen) atoms. The highest BCUT2D eigenvalue weighted by molar-refractivity contribution is 6.15. The molecular weight excluding hydrogens is 384 g/mol. The molecule has 4 heteroatoms. The third-order valence-electron chi connectivity index (χ3n) is 4.45. The second-order valence-electron chi connectivity index (χ2n) is 6.67. The van der Waals surface area contributed by atoms with Gasteiger partial charge in [0, 0.05) is 16.7 Å². The summed E-state index contributed by atoms with van der Waals surface area (Å²) >= 11 is 0. The van der Waals surface area contributed by atoms with Crippen molar-refractivity contribution in [1.82, 2.24) is 0 Å². The molecule has 4 aromatic carbocycles. The number of aliphatic imine (C=N–C) groups is 2.